The molecule has 0 aliphatic heterocycles. The lowest BCUT2D eigenvalue weighted by Gasteiger charge is -2.14. The largest absolute Gasteiger partial charge is 0.493 e. The van der Waals surface area contributed by atoms with E-state index < -0.39 is 0 Å². The molecular weight excluding hydrogens is 390 g/mol. The van der Waals surface area contributed by atoms with E-state index in [1.807, 2.05) is 17.5 Å². The van der Waals surface area contributed by atoms with Crippen molar-refractivity contribution in [2.45, 2.75) is 5.22 Å². The van der Waals surface area contributed by atoms with Crippen LogP contribution in [0.25, 0.3) is 10.8 Å². The van der Waals surface area contributed by atoms with E-state index in [-0.39, 0.29) is 11.7 Å². The molecule has 8 nitrogen and oxygen atoms in total. The lowest BCUT2D eigenvalue weighted by molar-refractivity contribution is -0.113. The van der Waals surface area contributed by atoms with Crippen molar-refractivity contribution < 1.29 is 23.4 Å². The van der Waals surface area contributed by atoms with Gasteiger partial charge in [0, 0.05) is 17.8 Å². The van der Waals surface area contributed by atoms with Crippen molar-refractivity contribution in [2.75, 3.05) is 32.4 Å². The van der Waals surface area contributed by atoms with Gasteiger partial charge < -0.3 is 23.9 Å². The van der Waals surface area contributed by atoms with Crippen molar-refractivity contribution in [1.29, 1.82) is 0 Å². The normalized spacial score (nSPS) is 10.5. The molecule has 0 atom stereocenters. The van der Waals surface area contributed by atoms with E-state index in [1.165, 1.54) is 32.7 Å². The smallest absolute Gasteiger partial charge is 0.277 e. The fourth-order valence-corrected chi connectivity index (χ4v) is 3.45. The Bertz CT molecular complexity index is 886. The molecular formula is C17H17N3O5S2. The van der Waals surface area contributed by atoms with Crippen molar-refractivity contribution in [1.82, 2.24) is 10.2 Å². The van der Waals surface area contributed by atoms with Crippen molar-refractivity contribution in [3.05, 3.63) is 29.6 Å². The van der Waals surface area contributed by atoms with Crippen molar-refractivity contribution >= 4 is 34.7 Å². The van der Waals surface area contributed by atoms with Gasteiger partial charge in [-0.1, -0.05) is 17.8 Å². The Hall–Kier alpha value is -2.72. The lowest BCUT2D eigenvalue weighted by atomic mass is 10.2. The van der Waals surface area contributed by atoms with Crippen LogP contribution in [0.5, 0.6) is 17.2 Å². The van der Waals surface area contributed by atoms with Gasteiger partial charge in [-0.3, -0.25) is 4.79 Å². The number of amides is 1. The molecule has 0 saturated heterocycles. The first-order chi connectivity index (χ1) is 13.1. The summed E-state index contributed by atoms with van der Waals surface area (Å²) in [6, 6.07) is 7.11. The molecule has 1 amide bonds. The number of carbonyl (C=O) groups excluding carboxylic acids is 1. The van der Waals surface area contributed by atoms with Gasteiger partial charge in [0.25, 0.3) is 11.1 Å². The molecule has 3 aromatic rings. The average molecular weight is 407 g/mol. The van der Waals surface area contributed by atoms with Crippen molar-refractivity contribution in [2.24, 2.45) is 0 Å². The van der Waals surface area contributed by atoms with E-state index in [1.54, 1.807) is 12.1 Å². The maximum atomic E-state index is 12.2. The quantitative estimate of drug-likeness (QED) is 0.567. The molecule has 142 valence electrons. The summed E-state index contributed by atoms with van der Waals surface area (Å²) in [4.78, 5) is 13.1. The fourth-order valence-electron chi connectivity index (χ4n) is 2.25. The first-order valence-electron chi connectivity index (χ1n) is 7.74. The van der Waals surface area contributed by atoms with Crippen LogP contribution in [0.4, 0.5) is 5.69 Å². The van der Waals surface area contributed by atoms with Gasteiger partial charge in [-0.05, 0) is 11.4 Å². The van der Waals surface area contributed by atoms with Gasteiger partial charge in [0.15, 0.2) is 11.5 Å². The molecule has 2 heterocycles. The van der Waals surface area contributed by atoms with Crippen LogP contribution in [0.2, 0.25) is 0 Å². The molecule has 0 radical (unpaired) electrons. The molecule has 1 N–H and O–H groups in total. The fraction of sp³-hybridized carbons (Fsp3) is 0.235. The number of hydrogen-bond acceptors (Lipinski definition) is 9. The Labute approximate surface area is 163 Å². The topological polar surface area (TPSA) is 95.7 Å². The zero-order valence-corrected chi connectivity index (χ0v) is 16.5. The predicted octanol–water partition coefficient (Wildman–Crippen LogP) is 3.55. The van der Waals surface area contributed by atoms with Crippen LogP contribution in [0, 0.1) is 0 Å². The summed E-state index contributed by atoms with van der Waals surface area (Å²) in [5, 5.41) is 13.0. The summed E-state index contributed by atoms with van der Waals surface area (Å²) in [5.74, 6) is 1.69. The van der Waals surface area contributed by atoms with Gasteiger partial charge in [0.2, 0.25) is 11.7 Å². The molecule has 3 rings (SSSR count). The van der Waals surface area contributed by atoms with E-state index in [0.717, 1.165) is 16.6 Å². The molecule has 0 fully saturated rings. The maximum Gasteiger partial charge on any atom is 0.277 e. The summed E-state index contributed by atoms with van der Waals surface area (Å²) < 4.78 is 21.4. The number of nitrogens with zero attached hydrogens (tertiary/aromatic N) is 2. The molecule has 27 heavy (non-hydrogen) atoms. The molecule has 1 aromatic carbocycles. The van der Waals surface area contributed by atoms with Gasteiger partial charge >= 0.3 is 0 Å². The Balaban J connectivity index is 1.62. The molecule has 10 heteroatoms. The summed E-state index contributed by atoms with van der Waals surface area (Å²) in [5.41, 5.74) is 0.528. The van der Waals surface area contributed by atoms with Crippen LogP contribution in [0.3, 0.4) is 0 Å². The molecule has 0 spiro atoms. The van der Waals surface area contributed by atoms with Crippen LogP contribution in [-0.4, -0.2) is 43.2 Å². The first-order valence-corrected chi connectivity index (χ1v) is 9.61. The first kappa shape index (κ1) is 19.1. The Morgan fingerprint density at radius 1 is 1.19 bits per heavy atom. The second-order valence-electron chi connectivity index (χ2n) is 5.10. The highest BCUT2D eigenvalue weighted by molar-refractivity contribution is 7.99. The number of hydrogen-bond donors (Lipinski definition) is 1. The van der Waals surface area contributed by atoms with Gasteiger partial charge in [-0.25, -0.2) is 0 Å². The number of thioether (sulfide) groups is 1. The van der Waals surface area contributed by atoms with Crippen LogP contribution in [-0.2, 0) is 4.79 Å². The van der Waals surface area contributed by atoms with E-state index in [9.17, 15) is 4.79 Å². The van der Waals surface area contributed by atoms with Gasteiger partial charge in [0.1, 0.15) is 0 Å². The second kappa shape index (κ2) is 8.78. The minimum atomic E-state index is -0.231. The van der Waals surface area contributed by atoms with Crippen LogP contribution < -0.4 is 19.5 Å². The van der Waals surface area contributed by atoms with E-state index in [4.69, 9.17) is 18.6 Å². The third-order valence-electron chi connectivity index (χ3n) is 3.41. The monoisotopic (exact) mass is 407 g/mol. The number of methoxy groups -OCH3 is 3. The summed E-state index contributed by atoms with van der Waals surface area (Å²) in [6.45, 7) is 0. The Morgan fingerprint density at radius 2 is 1.93 bits per heavy atom. The zero-order chi connectivity index (χ0) is 19.2. The highest BCUT2D eigenvalue weighted by atomic mass is 32.2. The highest BCUT2D eigenvalue weighted by Gasteiger charge is 2.16. The Kier molecular flexibility index (Phi) is 6.20. The highest BCUT2D eigenvalue weighted by Crippen LogP contribution is 2.40. The lowest BCUT2D eigenvalue weighted by Crippen LogP contribution is -2.14. The van der Waals surface area contributed by atoms with Crippen molar-refractivity contribution in [3.63, 3.8) is 0 Å². The second-order valence-corrected chi connectivity index (χ2v) is 6.98. The van der Waals surface area contributed by atoms with Crippen molar-refractivity contribution in [3.8, 4) is 28.0 Å². The number of carbonyl (C=O) groups is 1. The number of ether oxygens (including phenoxy) is 3. The number of benzene rings is 1. The third kappa shape index (κ3) is 4.52. The van der Waals surface area contributed by atoms with Gasteiger partial charge in [-0.2, -0.15) is 0 Å². The number of nitrogens with one attached hydrogen (secondary N) is 1. The molecule has 0 bridgehead atoms. The molecule has 0 aliphatic carbocycles. The van der Waals surface area contributed by atoms with Gasteiger partial charge in [0.05, 0.1) is 32.0 Å². The molecule has 0 aliphatic rings. The maximum absolute atomic E-state index is 12.2. The third-order valence-corrected chi connectivity index (χ3v) is 5.09. The summed E-state index contributed by atoms with van der Waals surface area (Å²) >= 11 is 2.67. The number of aromatic nitrogens is 2. The average Bonchev–Trinajstić information content (AvgIpc) is 3.37. The zero-order valence-electron chi connectivity index (χ0n) is 14.8. The number of anilines is 1. The van der Waals surface area contributed by atoms with Crippen LogP contribution in [0.15, 0.2) is 39.3 Å². The summed E-state index contributed by atoms with van der Waals surface area (Å²) in [6.07, 6.45) is 0. The number of thiophene rings is 1. The van der Waals surface area contributed by atoms with Crippen LogP contribution in [0.1, 0.15) is 0 Å². The van der Waals surface area contributed by atoms with E-state index in [0.29, 0.717) is 34.0 Å². The van der Waals surface area contributed by atoms with E-state index >= 15 is 0 Å². The molecule has 0 unspecified atom stereocenters. The predicted molar refractivity (Wildman–Crippen MR) is 103 cm³/mol. The minimum absolute atomic E-state index is 0.114. The SMILES string of the molecule is COc1cc(NC(=O)CSc2nnc(-c3cccs3)o2)cc(OC)c1OC. The Morgan fingerprint density at radius 3 is 2.52 bits per heavy atom. The van der Waals surface area contributed by atoms with E-state index in [2.05, 4.69) is 15.5 Å². The van der Waals surface area contributed by atoms with Gasteiger partial charge in [-0.15, -0.1) is 21.5 Å². The van der Waals surface area contributed by atoms with Crippen LogP contribution >= 0.6 is 23.1 Å². The minimum Gasteiger partial charge on any atom is -0.493 e. The molecule has 2 aromatic heterocycles. The number of rotatable bonds is 8. The molecule has 0 saturated carbocycles. The summed E-state index contributed by atoms with van der Waals surface area (Å²) in [7, 11) is 4.54. The standard InChI is InChI=1S/C17H17N3O5S2/c1-22-11-7-10(8-12(23-2)15(11)24-3)18-14(21)9-27-17-20-19-16(25-17)13-5-4-6-26-13/h4-8H,9H2,1-3H3,(H,18,21).